The van der Waals surface area contributed by atoms with Crippen molar-refractivity contribution in [1.29, 1.82) is 0 Å². The summed E-state index contributed by atoms with van der Waals surface area (Å²) < 4.78 is 56.0. The number of allylic oxidation sites excluding steroid dienone is 2. The molecule has 1 aliphatic rings. The van der Waals surface area contributed by atoms with Crippen molar-refractivity contribution < 1.29 is 22.6 Å². The highest BCUT2D eigenvalue weighted by Gasteiger charge is 2.23. The van der Waals surface area contributed by atoms with E-state index in [1.165, 1.54) is 12.1 Å². The van der Waals surface area contributed by atoms with Gasteiger partial charge in [0, 0.05) is 17.0 Å². The Morgan fingerprint density at radius 3 is 2.29 bits per heavy atom. The van der Waals surface area contributed by atoms with Crippen LogP contribution in [0.4, 0.5) is 13.2 Å². The number of benzene rings is 3. The zero-order chi connectivity index (χ0) is 26.9. The minimum atomic E-state index is -0.986. The average Bonchev–Trinajstić information content (AvgIpc) is 2.94. The van der Waals surface area contributed by atoms with Gasteiger partial charge in [-0.05, 0) is 73.9 Å². The van der Waals surface area contributed by atoms with E-state index in [9.17, 15) is 8.78 Å². The van der Waals surface area contributed by atoms with Gasteiger partial charge in [0.2, 0.25) is 5.82 Å². The van der Waals surface area contributed by atoms with Crippen molar-refractivity contribution in [1.82, 2.24) is 0 Å². The normalized spacial score (nSPS) is 17.7. The van der Waals surface area contributed by atoms with E-state index in [2.05, 4.69) is 19.1 Å². The first-order valence-electron chi connectivity index (χ1n) is 13.8. The molecule has 1 aliphatic heterocycles. The number of rotatable bonds is 11. The lowest BCUT2D eigenvalue weighted by Crippen LogP contribution is -2.24. The van der Waals surface area contributed by atoms with Gasteiger partial charge >= 0.3 is 0 Å². The van der Waals surface area contributed by atoms with Crippen molar-refractivity contribution in [2.45, 2.75) is 70.8 Å². The van der Waals surface area contributed by atoms with E-state index < -0.39 is 11.6 Å². The first-order valence-corrected chi connectivity index (χ1v) is 13.8. The lowest BCUT2D eigenvalue weighted by Gasteiger charge is -2.29. The topological polar surface area (TPSA) is 18.5 Å². The van der Waals surface area contributed by atoms with Gasteiger partial charge in [0.25, 0.3) is 0 Å². The monoisotopic (exact) mass is 522 g/mol. The summed E-state index contributed by atoms with van der Waals surface area (Å²) in [6.07, 6.45) is 11.3. The van der Waals surface area contributed by atoms with Crippen LogP contribution in [0.3, 0.4) is 0 Å². The summed E-state index contributed by atoms with van der Waals surface area (Å²) in [6.45, 7) is 5.06. The Bertz CT molecular complexity index is 1210. The van der Waals surface area contributed by atoms with Gasteiger partial charge in [0.15, 0.2) is 11.6 Å². The molecule has 2 atom stereocenters. The molecule has 38 heavy (non-hydrogen) atoms. The van der Waals surface area contributed by atoms with Crippen molar-refractivity contribution in [2.24, 2.45) is 0 Å². The van der Waals surface area contributed by atoms with E-state index in [0.29, 0.717) is 29.9 Å². The van der Waals surface area contributed by atoms with Gasteiger partial charge in [0.1, 0.15) is 5.82 Å². The van der Waals surface area contributed by atoms with Gasteiger partial charge < -0.3 is 9.47 Å². The van der Waals surface area contributed by atoms with Crippen molar-refractivity contribution in [3.05, 3.63) is 89.8 Å². The van der Waals surface area contributed by atoms with E-state index >= 15 is 4.39 Å². The molecule has 3 aromatic rings. The van der Waals surface area contributed by atoms with Crippen LogP contribution in [-0.4, -0.2) is 19.3 Å². The number of hydrogen-bond donors (Lipinski definition) is 0. The second kappa shape index (κ2) is 13.7. The van der Waals surface area contributed by atoms with E-state index in [4.69, 9.17) is 9.47 Å². The second-order valence-corrected chi connectivity index (χ2v) is 9.99. The molecule has 0 aliphatic carbocycles. The Morgan fingerprint density at radius 1 is 0.895 bits per heavy atom. The lowest BCUT2D eigenvalue weighted by atomic mass is 9.89. The quantitative estimate of drug-likeness (QED) is 0.184. The fourth-order valence-electron chi connectivity index (χ4n) is 4.99. The van der Waals surface area contributed by atoms with E-state index in [1.54, 1.807) is 36.4 Å². The number of unbranched alkanes of at least 4 members (excludes halogenated alkanes) is 2. The molecule has 3 aromatic carbocycles. The molecule has 0 saturated carbocycles. The van der Waals surface area contributed by atoms with Gasteiger partial charge in [-0.25, -0.2) is 8.78 Å². The molecule has 5 heteroatoms. The smallest absolute Gasteiger partial charge is 0.201 e. The van der Waals surface area contributed by atoms with Crippen LogP contribution in [0.2, 0.25) is 0 Å². The molecule has 4 rings (SSSR count). The van der Waals surface area contributed by atoms with Crippen LogP contribution in [0.15, 0.2) is 66.7 Å². The van der Waals surface area contributed by atoms with Gasteiger partial charge in [0.05, 0.1) is 19.3 Å². The van der Waals surface area contributed by atoms with Crippen molar-refractivity contribution in [3.63, 3.8) is 0 Å². The fourth-order valence-corrected chi connectivity index (χ4v) is 4.99. The Labute approximate surface area is 224 Å². The summed E-state index contributed by atoms with van der Waals surface area (Å²) in [5.41, 5.74) is 2.77. The highest BCUT2D eigenvalue weighted by Crippen LogP contribution is 2.34. The summed E-state index contributed by atoms with van der Waals surface area (Å²) in [5.74, 6) is -2.11. The Hall–Kier alpha value is -3.05. The zero-order valence-electron chi connectivity index (χ0n) is 22.3. The van der Waals surface area contributed by atoms with Crippen LogP contribution in [0.5, 0.6) is 5.75 Å². The molecule has 202 valence electrons. The summed E-state index contributed by atoms with van der Waals surface area (Å²) in [4.78, 5) is 0. The van der Waals surface area contributed by atoms with Gasteiger partial charge in [-0.15, -0.1) is 0 Å². The molecule has 0 aromatic heterocycles. The maximum absolute atomic E-state index is 15.1. The summed E-state index contributed by atoms with van der Waals surface area (Å²) >= 11 is 0. The molecule has 0 amide bonds. The minimum Gasteiger partial charge on any atom is -0.490 e. The molecule has 2 nitrogen and oxygen atoms in total. The van der Waals surface area contributed by atoms with Crippen LogP contribution in [0, 0.1) is 17.5 Å². The average molecular weight is 523 g/mol. The highest BCUT2D eigenvalue weighted by atomic mass is 19.2. The largest absolute Gasteiger partial charge is 0.490 e. The number of halogens is 3. The fraction of sp³-hybridized carbons (Fsp3) is 0.394. The zero-order valence-corrected chi connectivity index (χ0v) is 22.3. The summed E-state index contributed by atoms with van der Waals surface area (Å²) in [6, 6.07) is 15.2. The third-order valence-corrected chi connectivity index (χ3v) is 7.29. The molecule has 0 N–H and O–H groups in total. The molecular weight excluding hydrogens is 485 g/mol. The van der Waals surface area contributed by atoms with Gasteiger partial charge in [-0.2, -0.15) is 4.39 Å². The number of hydrogen-bond acceptors (Lipinski definition) is 2. The van der Waals surface area contributed by atoms with E-state index in [0.717, 1.165) is 50.5 Å². The standard InChI is InChI=1S/C33H37F3O2/c1-3-5-7-9-27-16-14-26(22-38-27)25-15-17-28(30(34)21-25)23-10-12-24(13-11-23)29-18-19-31(33(36)32(29)35)37-20-8-6-4-2/h3,5,10-13,15,17-19,21,26-27H,4,6-9,14,16,20,22H2,1-2H3/b5-3+. The molecule has 1 heterocycles. The van der Waals surface area contributed by atoms with Gasteiger partial charge in [-0.3, -0.25) is 0 Å². The molecular formula is C33H37F3O2. The molecule has 0 spiro atoms. The molecule has 0 radical (unpaired) electrons. The van der Waals surface area contributed by atoms with Crippen LogP contribution >= 0.6 is 0 Å². The Balaban J connectivity index is 1.42. The van der Waals surface area contributed by atoms with Crippen LogP contribution in [0.1, 0.15) is 70.3 Å². The summed E-state index contributed by atoms with van der Waals surface area (Å²) in [7, 11) is 0. The lowest BCUT2D eigenvalue weighted by molar-refractivity contribution is -0.000225. The second-order valence-electron chi connectivity index (χ2n) is 9.99. The molecule has 2 unspecified atom stereocenters. The Kier molecular flexibility index (Phi) is 10.1. The molecule has 0 bridgehead atoms. The highest BCUT2D eigenvalue weighted by molar-refractivity contribution is 5.71. The first-order chi connectivity index (χ1) is 18.5. The maximum Gasteiger partial charge on any atom is 0.201 e. The number of ether oxygens (including phenoxy) is 2. The molecule has 1 fully saturated rings. The maximum atomic E-state index is 15.1. The van der Waals surface area contributed by atoms with Gasteiger partial charge in [-0.1, -0.05) is 68.3 Å². The third kappa shape index (κ3) is 6.87. The minimum absolute atomic E-state index is 0.0753. The predicted octanol–water partition coefficient (Wildman–Crippen LogP) is 9.63. The third-order valence-electron chi connectivity index (χ3n) is 7.29. The van der Waals surface area contributed by atoms with Crippen LogP contribution in [-0.2, 0) is 4.74 Å². The predicted molar refractivity (Wildman–Crippen MR) is 148 cm³/mol. The van der Waals surface area contributed by atoms with Crippen LogP contribution in [0.25, 0.3) is 22.3 Å². The van der Waals surface area contributed by atoms with Crippen molar-refractivity contribution in [2.75, 3.05) is 13.2 Å². The van der Waals surface area contributed by atoms with Crippen LogP contribution < -0.4 is 4.74 Å². The van der Waals surface area contributed by atoms with Crippen molar-refractivity contribution >= 4 is 0 Å². The molecule has 1 saturated heterocycles. The Morgan fingerprint density at radius 2 is 1.63 bits per heavy atom. The van der Waals surface area contributed by atoms with Crippen molar-refractivity contribution in [3.8, 4) is 28.0 Å². The summed E-state index contributed by atoms with van der Waals surface area (Å²) in [5, 5.41) is 0. The van der Waals surface area contributed by atoms with E-state index in [-0.39, 0.29) is 29.2 Å². The van der Waals surface area contributed by atoms with E-state index in [1.807, 2.05) is 13.0 Å². The SMILES string of the molecule is C/C=C/CCC1CCC(c2ccc(-c3ccc(-c4ccc(OCCCCC)c(F)c4F)cc3)c(F)c2)CO1. The first kappa shape index (κ1) is 28.0.